The minimum Gasteiger partial charge on any atom is -0.484 e. The van der Waals surface area contributed by atoms with Gasteiger partial charge in [-0.2, -0.15) is 0 Å². The molecule has 4 bridgehead atoms. The Morgan fingerprint density at radius 1 is 0.857 bits per heavy atom. The fourth-order valence-corrected chi connectivity index (χ4v) is 6.87. The van der Waals surface area contributed by atoms with Crippen LogP contribution in [0.3, 0.4) is 0 Å². The first-order chi connectivity index (χ1) is 16.7. The van der Waals surface area contributed by atoms with E-state index in [1.54, 1.807) is 0 Å². The zero-order chi connectivity index (χ0) is 25.0. The molecule has 1 amide bonds. The van der Waals surface area contributed by atoms with Crippen LogP contribution in [0.25, 0.3) is 0 Å². The van der Waals surface area contributed by atoms with Crippen molar-refractivity contribution in [3.05, 3.63) is 29.8 Å². The van der Waals surface area contributed by atoms with Gasteiger partial charge in [0.15, 0.2) is 6.61 Å². The van der Waals surface area contributed by atoms with Crippen molar-refractivity contribution in [2.24, 2.45) is 17.8 Å². The largest absolute Gasteiger partial charge is 0.484 e. The number of carbonyl (C=O) groups is 3. The molecule has 0 radical (unpaired) electrons. The quantitative estimate of drug-likeness (QED) is 0.609. The van der Waals surface area contributed by atoms with Gasteiger partial charge < -0.3 is 24.7 Å². The Balaban J connectivity index is 0.000000314. The number of carbonyl (C=O) groups excluding carboxylic acids is 1. The Kier molecular flexibility index (Phi) is 7.99. The SMILES string of the molecule is CN1CCN(C(=O)COc2ccc(C34CC5CC(CC(C5)C3)C4)cc2)CC1.O=C(O)CCC(=O)O. The third-order valence-corrected chi connectivity index (χ3v) is 8.28. The molecule has 0 aromatic heterocycles. The van der Waals surface area contributed by atoms with Gasteiger partial charge in [0.1, 0.15) is 5.75 Å². The molecule has 1 heterocycles. The predicted octanol–water partition coefficient (Wildman–Crippen LogP) is 3.24. The summed E-state index contributed by atoms with van der Waals surface area (Å²) in [5, 5.41) is 15.8. The summed E-state index contributed by atoms with van der Waals surface area (Å²) in [6.07, 6.45) is 8.02. The van der Waals surface area contributed by atoms with E-state index in [0.717, 1.165) is 49.7 Å². The molecule has 4 saturated carbocycles. The first kappa shape index (κ1) is 25.5. The lowest BCUT2D eigenvalue weighted by molar-refractivity contribution is -0.143. The van der Waals surface area contributed by atoms with Crippen LogP contribution in [0.5, 0.6) is 5.75 Å². The first-order valence-electron chi connectivity index (χ1n) is 12.9. The molecular formula is C27H38N2O6. The van der Waals surface area contributed by atoms with Gasteiger partial charge in [0.05, 0.1) is 12.8 Å². The third-order valence-electron chi connectivity index (χ3n) is 8.28. The Morgan fingerprint density at radius 2 is 1.34 bits per heavy atom. The number of ether oxygens (including phenoxy) is 1. The number of likely N-dealkylation sites (N-methyl/N-ethyl adjacent to an activating group) is 1. The van der Waals surface area contributed by atoms with Gasteiger partial charge in [0, 0.05) is 26.2 Å². The minimum atomic E-state index is -1.08. The van der Waals surface area contributed by atoms with E-state index in [4.69, 9.17) is 14.9 Å². The van der Waals surface area contributed by atoms with E-state index in [0.29, 0.717) is 5.41 Å². The Labute approximate surface area is 207 Å². The van der Waals surface area contributed by atoms with Crippen LogP contribution in [0.1, 0.15) is 56.9 Å². The molecule has 35 heavy (non-hydrogen) atoms. The molecule has 0 spiro atoms. The topological polar surface area (TPSA) is 107 Å². The van der Waals surface area contributed by atoms with Crippen LogP contribution in [0.2, 0.25) is 0 Å². The van der Waals surface area contributed by atoms with E-state index < -0.39 is 11.9 Å². The van der Waals surface area contributed by atoms with Gasteiger partial charge in [-0.25, -0.2) is 0 Å². The molecule has 8 heteroatoms. The summed E-state index contributed by atoms with van der Waals surface area (Å²) >= 11 is 0. The van der Waals surface area contributed by atoms with Crippen LogP contribution in [-0.2, 0) is 19.8 Å². The van der Waals surface area contributed by atoms with Gasteiger partial charge >= 0.3 is 11.9 Å². The lowest BCUT2D eigenvalue weighted by Crippen LogP contribution is -2.48. The number of rotatable bonds is 7. The Hall–Kier alpha value is -2.61. The number of piperazine rings is 1. The van der Waals surface area contributed by atoms with Crippen molar-refractivity contribution < 1.29 is 29.3 Å². The van der Waals surface area contributed by atoms with E-state index in [1.165, 1.54) is 44.1 Å². The predicted molar refractivity (Wildman–Crippen MR) is 130 cm³/mol. The standard InChI is InChI=1S/C23H32N2O2.C4H6O4/c1-24-6-8-25(9-7-24)22(26)16-27-21-4-2-20(3-5-21)23-13-17-10-18(14-23)12-19(11-17)15-23;5-3(6)1-2-4(7)8/h2-5,17-19H,6-16H2,1H3;1-2H2,(H,5,6)(H,7,8). The van der Waals surface area contributed by atoms with Crippen molar-refractivity contribution in [2.75, 3.05) is 39.8 Å². The van der Waals surface area contributed by atoms with Gasteiger partial charge in [-0.1, -0.05) is 12.1 Å². The lowest BCUT2D eigenvalue weighted by Gasteiger charge is -2.57. The van der Waals surface area contributed by atoms with E-state index in [1.807, 2.05) is 4.90 Å². The number of hydrogen-bond acceptors (Lipinski definition) is 5. The molecule has 5 aliphatic rings. The second-order valence-electron chi connectivity index (χ2n) is 11.0. The maximum absolute atomic E-state index is 12.4. The highest BCUT2D eigenvalue weighted by atomic mass is 16.5. The maximum Gasteiger partial charge on any atom is 0.303 e. The van der Waals surface area contributed by atoms with Crippen molar-refractivity contribution >= 4 is 17.8 Å². The molecule has 5 fully saturated rings. The summed E-state index contributed by atoms with van der Waals surface area (Å²) < 4.78 is 5.82. The molecule has 1 aromatic carbocycles. The van der Waals surface area contributed by atoms with Gasteiger partial charge in [0.2, 0.25) is 0 Å². The van der Waals surface area contributed by atoms with E-state index >= 15 is 0 Å². The highest BCUT2D eigenvalue weighted by molar-refractivity contribution is 5.78. The number of carboxylic acid groups (broad SMARTS) is 2. The molecule has 8 nitrogen and oxygen atoms in total. The number of aliphatic carboxylic acids is 2. The van der Waals surface area contributed by atoms with Crippen molar-refractivity contribution in [1.82, 2.24) is 9.80 Å². The Bertz CT molecular complexity index is 857. The van der Waals surface area contributed by atoms with Crippen LogP contribution in [0.4, 0.5) is 0 Å². The molecule has 0 atom stereocenters. The number of hydrogen-bond donors (Lipinski definition) is 2. The summed E-state index contributed by atoms with van der Waals surface area (Å²) in [5.74, 6) is 1.68. The van der Waals surface area contributed by atoms with E-state index in [-0.39, 0.29) is 25.4 Å². The first-order valence-corrected chi connectivity index (χ1v) is 12.9. The molecule has 192 valence electrons. The average Bonchev–Trinajstić information content (AvgIpc) is 2.81. The number of carboxylic acids is 2. The Morgan fingerprint density at radius 3 is 1.80 bits per heavy atom. The fraction of sp³-hybridized carbons (Fsp3) is 0.667. The zero-order valence-corrected chi connectivity index (χ0v) is 20.7. The highest BCUT2D eigenvalue weighted by Gasteiger charge is 2.51. The second kappa shape index (κ2) is 11.0. The molecule has 2 N–H and O–H groups in total. The maximum atomic E-state index is 12.4. The summed E-state index contributed by atoms with van der Waals surface area (Å²) in [5.41, 5.74) is 1.95. The molecular weight excluding hydrogens is 448 g/mol. The summed E-state index contributed by atoms with van der Waals surface area (Å²) in [7, 11) is 2.10. The number of amides is 1. The normalized spacial score (nSPS) is 29.3. The smallest absolute Gasteiger partial charge is 0.303 e. The average molecular weight is 487 g/mol. The van der Waals surface area contributed by atoms with Crippen LogP contribution in [0, 0.1) is 17.8 Å². The lowest BCUT2D eigenvalue weighted by atomic mass is 9.48. The van der Waals surface area contributed by atoms with Crippen molar-refractivity contribution in [2.45, 2.75) is 56.8 Å². The third kappa shape index (κ3) is 6.54. The van der Waals surface area contributed by atoms with Crippen LogP contribution in [0.15, 0.2) is 24.3 Å². The molecule has 4 aliphatic carbocycles. The monoisotopic (exact) mass is 486 g/mol. The van der Waals surface area contributed by atoms with Gasteiger partial charge in [-0.05, 0) is 86.4 Å². The second-order valence-corrected chi connectivity index (χ2v) is 11.0. The van der Waals surface area contributed by atoms with Gasteiger partial charge in [-0.3, -0.25) is 14.4 Å². The highest BCUT2D eigenvalue weighted by Crippen LogP contribution is 2.60. The molecule has 0 unspecified atom stereocenters. The summed E-state index contributed by atoms with van der Waals surface area (Å²) in [6, 6.07) is 8.74. The van der Waals surface area contributed by atoms with Crippen LogP contribution >= 0.6 is 0 Å². The van der Waals surface area contributed by atoms with Crippen LogP contribution in [-0.4, -0.2) is 77.7 Å². The summed E-state index contributed by atoms with van der Waals surface area (Å²) in [6.45, 7) is 3.67. The fourth-order valence-electron chi connectivity index (χ4n) is 6.87. The number of nitrogens with zero attached hydrogens (tertiary/aromatic N) is 2. The number of benzene rings is 1. The molecule has 6 rings (SSSR count). The van der Waals surface area contributed by atoms with Crippen molar-refractivity contribution in [1.29, 1.82) is 0 Å². The summed E-state index contributed by atoms with van der Waals surface area (Å²) in [4.78, 5) is 35.8. The molecule has 1 aliphatic heterocycles. The van der Waals surface area contributed by atoms with Gasteiger partial charge in [-0.15, -0.1) is 0 Å². The molecule has 1 aromatic rings. The van der Waals surface area contributed by atoms with Crippen molar-refractivity contribution in [3.63, 3.8) is 0 Å². The van der Waals surface area contributed by atoms with E-state index in [9.17, 15) is 14.4 Å². The van der Waals surface area contributed by atoms with Crippen molar-refractivity contribution in [3.8, 4) is 5.75 Å². The zero-order valence-electron chi connectivity index (χ0n) is 20.7. The minimum absolute atomic E-state index is 0.105. The van der Waals surface area contributed by atoms with E-state index in [2.05, 4.69) is 36.2 Å². The van der Waals surface area contributed by atoms with Gasteiger partial charge in [0.25, 0.3) is 5.91 Å². The van der Waals surface area contributed by atoms with Crippen LogP contribution < -0.4 is 4.74 Å². The molecule has 1 saturated heterocycles.